The third-order valence-electron chi connectivity index (χ3n) is 12.3. The fourth-order valence-corrected chi connectivity index (χ4v) is 8.51. The number of nitriles is 1. The Bertz CT molecular complexity index is 2570. The van der Waals surface area contributed by atoms with Crippen LogP contribution < -0.4 is 21.3 Å². The Hall–Kier alpha value is -6.86. The van der Waals surface area contributed by atoms with Crippen LogP contribution in [0.25, 0.3) is 16.9 Å². The van der Waals surface area contributed by atoms with Crippen LogP contribution >= 0.6 is 0 Å². The molecule has 4 aliphatic rings. The maximum Gasteiger partial charge on any atom is 0.264 e. The molecule has 0 spiro atoms. The van der Waals surface area contributed by atoms with Gasteiger partial charge in [-0.2, -0.15) is 15.0 Å². The van der Waals surface area contributed by atoms with Crippen molar-refractivity contribution in [2.75, 3.05) is 83.6 Å². The number of fused-ring (bicyclic) bond motifs is 2. The van der Waals surface area contributed by atoms with Gasteiger partial charge in [0.2, 0.25) is 17.7 Å². The van der Waals surface area contributed by atoms with Crippen LogP contribution in [0.1, 0.15) is 88.0 Å². The zero-order chi connectivity index (χ0) is 47.6. The van der Waals surface area contributed by atoms with Crippen LogP contribution in [-0.2, 0) is 33.3 Å². The first-order chi connectivity index (χ1) is 33.1. The minimum atomic E-state index is -1.03. The second kappa shape index (κ2) is 22.3. The summed E-state index contributed by atoms with van der Waals surface area (Å²) in [5.41, 5.74) is 2.98. The first-order valence-electron chi connectivity index (χ1n) is 23.1. The number of amides is 6. The molecular formula is C47H55N11O10. The molecule has 2 saturated carbocycles. The number of pyridine rings is 2. The second-order valence-corrected chi connectivity index (χ2v) is 17.1. The maximum absolute atomic E-state index is 13.6. The molecule has 0 radical (unpaired) electrons. The van der Waals surface area contributed by atoms with Crippen LogP contribution in [0.3, 0.4) is 0 Å². The van der Waals surface area contributed by atoms with Gasteiger partial charge in [-0.15, -0.1) is 0 Å². The van der Waals surface area contributed by atoms with Gasteiger partial charge >= 0.3 is 0 Å². The van der Waals surface area contributed by atoms with Gasteiger partial charge in [0.15, 0.2) is 11.5 Å². The number of aromatic nitrogens is 4. The summed E-state index contributed by atoms with van der Waals surface area (Å²) in [7, 11) is 1.78. The lowest BCUT2D eigenvalue weighted by atomic mass is 9.85. The molecule has 358 valence electrons. The Morgan fingerprint density at radius 2 is 1.53 bits per heavy atom. The van der Waals surface area contributed by atoms with E-state index in [1.165, 1.54) is 6.20 Å². The number of nitrogens with zero attached hydrogens (tertiary/aromatic N) is 7. The van der Waals surface area contributed by atoms with Gasteiger partial charge in [0.05, 0.1) is 87.0 Å². The van der Waals surface area contributed by atoms with Crippen molar-refractivity contribution >= 4 is 57.9 Å². The molecule has 21 nitrogen and oxygen atoms in total. The van der Waals surface area contributed by atoms with E-state index in [4.69, 9.17) is 18.9 Å². The Kier molecular flexibility index (Phi) is 15.6. The topological polar surface area (TPSA) is 261 Å². The van der Waals surface area contributed by atoms with E-state index >= 15 is 0 Å². The molecule has 8 rings (SSSR count). The van der Waals surface area contributed by atoms with Crippen LogP contribution in [0.15, 0.2) is 48.9 Å². The number of likely N-dealkylation sites (N-methyl/N-ethyl adjacent to an activating group) is 1. The number of rotatable bonds is 23. The number of nitrogens with one attached hydrogen (secondary N) is 4. The van der Waals surface area contributed by atoms with Crippen molar-refractivity contribution in [3.63, 3.8) is 0 Å². The number of carbonyl (C=O) groups is 6. The van der Waals surface area contributed by atoms with Crippen LogP contribution in [0.2, 0.25) is 0 Å². The first kappa shape index (κ1) is 47.6. The average molecular weight is 934 g/mol. The van der Waals surface area contributed by atoms with Crippen molar-refractivity contribution in [3.8, 4) is 11.9 Å². The van der Waals surface area contributed by atoms with E-state index < -0.39 is 29.7 Å². The third-order valence-corrected chi connectivity index (χ3v) is 12.3. The highest BCUT2D eigenvalue weighted by Crippen LogP contribution is 2.33. The lowest BCUT2D eigenvalue weighted by molar-refractivity contribution is -0.137. The number of piperidine rings is 1. The Morgan fingerprint density at radius 3 is 2.24 bits per heavy atom. The van der Waals surface area contributed by atoms with E-state index in [1.54, 1.807) is 53.3 Å². The summed E-state index contributed by atoms with van der Waals surface area (Å²) in [5, 5.41) is 26.4. The van der Waals surface area contributed by atoms with Gasteiger partial charge in [-0.05, 0) is 63.1 Å². The van der Waals surface area contributed by atoms with Gasteiger partial charge in [-0.1, -0.05) is 6.07 Å². The summed E-state index contributed by atoms with van der Waals surface area (Å²) in [5.74, 6) is -1.98. The number of carbonyl (C=O) groups excluding carboxylic acids is 6. The Morgan fingerprint density at radius 1 is 0.824 bits per heavy atom. The molecule has 1 aromatic carbocycles. The number of benzene rings is 1. The lowest BCUT2D eigenvalue weighted by Gasteiger charge is -2.31. The van der Waals surface area contributed by atoms with Gasteiger partial charge in [-0.3, -0.25) is 39.0 Å². The Balaban J connectivity index is 0.649. The summed E-state index contributed by atoms with van der Waals surface area (Å²) in [6.45, 7) is 3.71. The number of ether oxygens (including phenoxy) is 4. The number of hydrogen-bond donors (Lipinski definition) is 4. The fourth-order valence-electron chi connectivity index (χ4n) is 8.51. The zero-order valence-electron chi connectivity index (χ0n) is 37.9. The monoisotopic (exact) mass is 933 g/mol. The summed E-state index contributed by atoms with van der Waals surface area (Å²) in [6, 6.07) is 9.70. The van der Waals surface area contributed by atoms with Crippen molar-refractivity contribution in [2.24, 2.45) is 5.92 Å². The minimum Gasteiger partial charge on any atom is -0.382 e. The molecule has 4 aromatic rings. The summed E-state index contributed by atoms with van der Waals surface area (Å²) >= 11 is 0. The molecule has 4 N–H and O–H groups in total. The SMILES string of the molecule is CN(CCOCCOCCOCCOCCNc1cccc2c1C(=O)N(C1CCC(=O)NC1=O)C2=O)C(=O)C1CCC(NC(=O)c2cnc(-n3ncc4cc(C#N)cnc43)cc2NC2CC2)CC1. The molecule has 0 bridgehead atoms. The molecule has 2 aliphatic heterocycles. The standard InChI is InChI=1S/C47H55N11O10/c1-56(14-16-66-18-20-68-22-21-67-19-17-65-15-13-49-36-4-2-3-34-41(36)47(64)57(46(34)63)38-11-12-40(59)55-44(38)61)45(62)30-5-7-33(8-6-30)54-43(60)35-28-50-39(24-37(35)53-32-9-10-32)58-42-31(27-52-58)23-29(25-48)26-51-42/h2-4,23-24,26-28,30,32-33,38,49H,5-22H2,1H3,(H,50,53)(H,54,60)(H,55,59,61). The van der Waals surface area contributed by atoms with Crippen molar-refractivity contribution in [2.45, 2.75) is 69.5 Å². The minimum absolute atomic E-state index is 0.0528. The van der Waals surface area contributed by atoms with Crippen LogP contribution in [0.5, 0.6) is 0 Å². The number of hydrogen-bond acceptors (Lipinski definition) is 16. The van der Waals surface area contributed by atoms with Crippen molar-refractivity contribution in [1.82, 2.24) is 40.2 Å². The molecule has 3 fully saturated rings. The Labute approximate surface area is 392 Å². The summed E-state index contributed by atoms with van der Waals surface area (Å²) in [6.07, 6.45) is 9.58. The van der Waals surface area contributed by atoms with Crippen molar-refractivity contribution in [3.05, 3.63) is 71.2 Å². The highest BCUT2D eigenvalue weighted by molar-refractivity contribution is 6.25. The average Bonchev–Trinajstić information content (AvgIpc) is 4.00. The molecule has 1 unspecified atom stereocenters. The highest BCUT2D eigenvalue weighted by Gasteiger charge is 2.45. The predicted octanol–water partition coefficient (Wildman–Crippen LogP) is 2.59. The smallest absolute Gasteiger partial charge is 0.264 e. The molecule has 21 heteroatoms. The fraction of sp³-hybridized carbons (Fsp3) is 0.489. The summed E-state index contributed by atoms with van der Waals surface area (Å²) < 4.78 is 24.1. The van der Waals surface area contributed by atoms with Crippen molar-refractivity contribution in [1.29, 1.82) is 5.26 Å². The number of imide groups is 2. The molecule has 68 heavy (non-hydrogen) atoms. The van der Waals surface area contributed by atoms with E-state index in [9.17, 15) is 34.0 Å². The quantitative estimate of drug-likeness (QED) is 0.0616. The van der Waals surface area contributed by atoms with E-state index in [1.807, 2.05) is 6.07 Å². The van der Waals surface area contributed by atoms with Gasteiger partial charge < -0.3 is 39.8 Å². The molecular weight excluding hydrogens is 879 g/mol. The van der Waals surface area contributed by atoms with E-state index in [0.717, 1.165) is 17.7 Å². The lowest BCUT2D eigenvalue weighted by Crippen LogP contribution is -2.54. The molecule has 3 aromatic heterocycles. The van der Waals surface area contributed by atoms with Crippen LogP contribution in [-0.4, -0.2) is 156 Å². The third kappa shape index (κ3) is 11.4. The normalized spacial score (nSPS) is 19.1. The van der Waals surface area contributed by atoms with Crippen LogP contribution in [0.4, 0.5) is 11.4 Å². The van der Waals surface area contributed by atoms with Crippen LogP contribution in [0, 0.1) is 17.2 Å². The number of anilines is 2. The second-order valence-electron chi connectivity index (χ2n) is 17.1. The zero-order valence-corrected chi connectivity index (χ0v) is 37.9. The predicted molar refractivity (Wildman–Crippen MR) is 244 cm³/mol. The highest BCUT2D eigenvalue weighted by atomic mass is 16.6. The van der Waals surface area contributed by atoms with Crippen molar-refractivity contribution < 1.29 is 47.7 Å². The van der Waals surface area contributed by atoms with E-state index in [-0.39, 0.29) is 53.8 Å². The molecule has 2 aliphatic carbocycles. The van der Waals surface area contributed by atoms with Gasteiger partial charge in [0, 0.05) is 74.1 Å². The van der Waals surface area contributed by atoms with E-state index in [2.05, 4.69) is 42.4 Å². The van der Waals surface area contributed by atoms with Gasteiger partial charge in [0.1, 0.15) is 12.1 Å². The first-order valence-corrected chi connectivity index (χ1v) is 23.1. The molecule has 1 saturated heterocycles. The molecule has 1 atom stereocenters. The van der Waals surface area contributed by atoms with E-state index in [0.29, 0.717) is 131 Å². The maximum atomic E-state index is 13.6. The molecule has 6 amide bonds. The largest absolute Gasteiger partial charge is 0.382 e. The molecule has 5 heterocycles. The van der Waals surface area contributed by atoms with Gasteiger partial charge in [0.25, 0.3) is 17.7 Å². The summed E-state index contributed by atoms with van der Waals surface area (Å²) in [4.78, 5) is 88.6. The van der Waals surface area contributed by atoms with Gasteiger partial charge in [-0.25, -0.2) is 9.97 Å².